The van der Waals surface area contributed by atoms with Crippen LogP contribution in [0.1, 0.15) is 23.1 Å². The predicted molar refractivity (Wildman–Crippen MR) is 106 cm³/mol. The SMILES string of the molecule is Cc1cccc2c1CC1(CCN(c3ccc(C4=CCN=C4)cc3)C1=O)N2. The lowest BCUT2D eigenvalue weighted by Gasteiger charge is -2.24. The fraction of sp³-hybridized carbons (Fsp3) is 0.273. The molecule has 0 bridgehead atoms. The van der Waals surface area contributed by atoms with Crippen molar-refractivity contribution in [2.24, 2.45) is 4.99 Å². The summed E-state index contributed by atoms with van der Waals surface area (Å²) in [4.78, 5) is 19.4. The predicted octanol–water partition coefficient (Wildman–Crippen LogP) is 3.61. The molecule has 1 N–H and O–H groups in total. The molecule has 0 radical (unpaired) electrons. The van der Waals surface area contributed by atoms with Gasteiger partial charge in [0.15, 0.2) is 0 Å². The van der Waals surface area contributed by atoms with E-state index in [1.165, 1.54) is 11.1 Å². The highest BCUT2D eigenvalue weighted by Crippen LogP contribution is 2.41. The third-order valence-corrected chi connectivity index (χ3v) is 5.84. The monoisotopic (exact) mass is 343 g/mol. The van der Waals surface area contributed by atoms with Gasteiger partial charge >= 0.3 is 0 Å². The van der Waals surface area contributed by atoms with Gasteiger partial charge in [0, 0.05) is 30.6 Å². The molecule has 3 heterocycles. The zero-order chi connectivity index (χ0) is 17.7. The molecular formula is C22H21N3O. The lowest BCUT2D eigenvalue weighted by molar-refractivity contribution is -0.120. The average molecular weight is 343 g/mol. The van der Waals surface area contributed by atoms with Crippen molar-refractivity contribution in [1.29, 1.82) is 0 Å². The minimum absolute atomic E-state index is 0.183. The molecule has 3 aliphatic heterocycles. The van der Waals surface area contributed by atoms with Crippen molar-refractivity contribution < 1.29 is 4.79 Å². The molecule has 130 valence electrons. The second-order valence-corrected chi connectivity index (χ2v) is 7.39. The number of aryl methyl sites for hydroxylation is 1. The standard InChI is InChI=1S/C22H21N3O/c1-15-3-2-4-20-19(15)13-22(24-20)10-12-25(21(22)26)18-7-5-16(6-8-18)17-9-11-23-14-17/h2-9,14,24H,10-13H2,1H3. The van der Waals surface area contributed by atoms with E-state index in [1.807, 2.05) is 23.2 Å². The number of aliphatic imine (C=N–C) groups is 1. The summed E-state index contributed by atoms with van der Waals surface area (Å²) >= 11 is 0. The molecule has 0 saturated carbocycles. The van der Waals surface area contributed by atoms with E-state index in [0.29, 0.717) is 0 Å². The number of carbonyl (C=O) groups is 1. The highest BCUT2D eigenvalue weighted by atomic mass is 16.2. The van der Waals surface area contributed by atoms with Crippen LogP contribution in [0, 0.1) is 6.92 Å². The molecule has 3 aliphatic rings. The molecule has 1 unspecified atom stereocenters. The van der Waals surface area contributed by atoms with Crippen LogP contribution in [0.25, 0.3) is 5.57 Å². The number of anilines is 2. The number of carbonyl (C=O) groups excluding carboxylic acids is 1. The molecule has 2 aromatic carbocycles. The van der Waals surface area contributed by atoms with E-state index in [1.54, 1.807) is 0 Å². The minimum Gasteiger partial charge on any atom is -0.371 e. The largest absolute Gasteiger partial charge is 0.371 e. The van der Waals surface area contributed by atoms with Gasteiger partial charge in [-0.15, -0.1) is 0 Å². The zero-order valence-electron chi connectivity index (χ0n) is 14.8. The Kier molecular flexibility index (Phi) is 3.29. The number of fused-ring (bicyclic) bond motifs is 1. The van der Waals surface area contributed by atoms with Gasteiger partial charge in [0.2, 0.25) is 0 Å². The van der Waals surface area contributed by atoms with E-state index in [9.17, 15) is 4.79 Å². The van der Waals surface area contributed by atoms with Crippen LogP contribution in [0.5, 0.6) is 0 Å². The Morgan fingerprint density at radius 3 is 2.73 bits per heavy atom. The number of amides is 1. The number of allylic oxidation sites excluding steroid dienone is 1. The molecule has 5 rings (SSSR count). The van der Waals surface area contributed by atoms with E-state index in [-0.39, 0.29) is 5.91 Å². The molecule has 0 aromatic heterocycles. The van der Waals surface area contributed by atoms with Crippen LogP contribution in [-0.4, -0.2) is 30.8 Å². The highest BCUT2D eigenvalue weighted by Gasteiger charge is 2.50. The Bertz CT molecular complexity index is 958. The van der Waals surface area contributed by atoms with Crippen LogP contribution in [0.2, 0.25) is 0 Å². The molecule has 26 heavy (non-hydrogen) atoms. The van der Waals surface area contributed by atoms with E-state index in [4.69, 9.17) is 0 Å². The van der Waals surface area contributed by atoms with Crippen molar-refractivity contribution in [3.63, 3.8) is 0 Å². The number of hydrogen-bond donors (Lipinski definition) is 1. The summed E-state index contributed by atoms with van der Waals surface area (Å²) in [5, 5.41) is 3.54. The van der Waals surface area contributed by atoms with Gasteiger partial charge in [0.25, 0.3) is 5.91 Å². The third-order valence-electron chi connectivity index (χ3n) is 5.84. The fourth-order valence-electron chi connectivity index (χ4n) is 4.33. The van der Waals surface area contributed by atoms with Crippen LogP contribution in [0.3, 0.4) is 0 Å². The zero-order valence-corrected chi connectivity index (χ0v) is 14.8. The Labute approximate surface area is 153 Å². The summed E-state index contributed by atoms with van der Waals surface area (Å²) in [5.74, 6) is 0.183. The van der Waals surface area contributed by atoms with Gasteiger partial charge < -0.3 is 10.2 Å². The smallest absolute Gasteiger partial charge is 0.253 e. The number of nitrogens with zero attached hydrogens (tertiary/aromatic N) is 2. The third kappa shape index (κ3) is 2.22. The molecule has 4 nitrogen and oxygen atoms in total. The lowest BCUT2D eigenvalue weighted by Crippen LogP contribution is -2.45. The summed E-state index contributed by atoms with van der Waals surface area (Å²) < 4.78 is 0. The van der Waals surface area contributed by atoms with Crippen molar-refractivity contribution in [3.8, 4) is 0 Å². The Balaban J connectivity index is 1.40. The van der Waals surface area contributed by atoms with Gasteiger partial charge in [-0.2, -0.15) is 0 Å². The van der Waals surface area contributed by atoms with Crippen LogP contribution >= 0.6 is 0 Å². The number of benzene rings is 2. The first-order valence-electron chi connectivity index (χ1n) is 9.15. The molecular weight excluding hydrogens is 322 g/mol. The first-order valence-corrected chi connectivity index (χ1v) is 9.15. The Hall–Kier alpha value is -2.88. The topological polar surface area (TPSA) is 44.7 Å². The molecule has 0 aliphatic carbocycles. The average Bonchev–Trinajstić information content (AvgIpc) is 3.37. The maximum Gasteiger partial charge on any atom is 0.253 e. The van der Waals surface area contributed by atoms with Crippen LogP contribution in [0.15, 0.2) is 53.5 Å². The summed E-state index contributed by atoms with van der Waals surface area (Å²) in [5.41, 5.74) is 6.46. The van der Waals surface area contributed by atoms with Gasteiger partial charge in [-0.25, -0.2) is 0 Å². The maximum atomic E-state index is 13.3. The van der Waals surface area contributed by atoms with Crippen molar-refractivity contribution >= 4 is 29.1 Å². The van der Waals surface area contributed by atoms with Crippen molar-refractivity contribution in [2.45, 2.75) is 25.3 Å². The molecule has 1 atom stereocenters. The van der Waals surface area contributed by atoms with E-state index >= 15 is 0 Å². The van der Waals surface area contributed by atoms with Gasteiger partial charge in [-0.1, -0.05) is 30.3 Å². The summed E-state index contributed by atoms with van der Waals surface area (Å²) in [6.45, 7) is 3.63. The van der Waals surface area contributed by atoms with Crippen molar-refractivity contribution in [3.05, 3.63) is 65.2 Å². The first kappa shape index (κ1) is 15.4. The Morgan fingerprint density at radius 1 is 1.15 bits per heavy atom. The second-order valence-electron chi connectivity index (χ2n) is 7.39. The molecule has 4 heteroatoms. The maximum absolute atomic E-state index is 13.3. The molecule has 1 amide bonds. The van der Waals surface area contributed by atoms with Gasteiger partial charge in [-0.05, 0) is 53.8 Å². The van der Waals surface area contributed by atoms with Crippen LogP contribution in [-0.2, 0) is 11.2 Å². The van der Waals surface area contributed by atoms with E-state index in [0.717, 1.165) is 48.4 Å². The molecule has 1 fully saturated rings. The molecule has 1 spiro atoms. The van der Waals surface area contributed by atoms with E-state index in [2.05, 4.69) is 53.6 Å². The number of nitrogens with one attached hydrogen (secondary N) is 1. The minimum atomic E-state index is -0.478. The molecule has 1 saturated heterocycles. The quantitative estimate of drug-likeness (QED) is 0.905. The molecule has 2 aromatic rings. The Morgan fingerprint density at radius 2 is 2.00 bits per heavy atom. The van der Waals surface area contributed by atoms with E-state index < -0.39 is 5.54 Å². The summed E-state index contributed by atoms with van der Waals surface area (Å²) in [7, 11) is 0. The van der Waals surface area contributed by atoms with Crippen molar-refractivity contribution in [1.82, 2.24) is 0 Å². The van der Waals surface area contributed by atoms with Gasteiger partial charge in [-0.3, -0.25) is 9.79 Å². The fourth-order valence-corrected chi connectivity index (χ4v) is 4.33. The first-order chi connectivity index (χ1) is 12.7. The number of hydrogen-bond acceptors (Lipinski definition) is 3. The summed E-state index contributed by atoms with van der Waals surface area (Å²) in [6, 6.07) is 14.5. The highest BCUT2D eigenvalue weighted by molar-refractivity contribution is 6.11. The van der Waals surface area contributed by atoms with Gasteiger partial charge in [0.05, 0.1) is 6.54 Å². The van der Waals surface area contributed by atoms with Crippen molar-refractivity contribution in [2.75, 3.05) is 23.3 Å². The number of rotatable bonds is 2. The normalized spacial score (nSPS) is 23.5. The van der Waals surface area contributed by atoms with Crippen LogP contribution < -0.4 is 10.2 Å². The lowest BCUT2D eigenvalue weighted by atomic mass is 9.92. The van der Waals surface area contributed by atoms with Crippen LogP contribution in [0.4, 0.5) is 11.4 Å². The van der Waals surface area contributed by atoms with Gasteiger partial charge in [0.1, 0.15) is 5.54 Å². The summed E-state index contributed by atoms with van der Waals surface area (Å²) in [6.07, 6.45) is 5.64. The second kappa shape index (κ2) is 5.56.